The lowest BCUT2D eigenvalue weighted by Crippen LogP contribution is -2.17. The SMILES string of the molecule is Cc1cc(C(=O)Nc2ccccc2NS(C)(=O)=O)c(C)n1C(C)C. The van der Waals surface area contributed by atoms with Crippen molar-refractivity contribution in [3.05, 3.63) is 47.3 Å². The summed E-state index contributed by atoms with van der Waals surface area (Å²) in [6.45, 7) is 7.99. The Balaban J connectivity index is 2.33. The molecule has 0 saturated heterocycles. The van der Waals surface area contributed by atoms with Crippen LogP contribution in [0.15, 0.2) is 30.3 Å². The Morgan fingerprint density at radius 1 is 1.12 bits per heavy atom. The first-order chi connectivity index (χ1) is 11.1. The molecule has 0 aliphatic heterocycles. The van der Waals surface area contributed by atoms with Gasteiger partial charge in [0.15, 0.2) is 0 Å². The van der Waals surface area contributed by atoms with E-state index in [1.165, 1.54) is 0 Å². The van der Waals surface area contributed by atoms with Gasteiger partial charge in [-0.15, -0.1) is 0 Å². The van der Waals surface area contributed by atoms with Crippen LogP contribution in [0.2, 0.25) is 0 Å². The first kappa shape index (κ1) is 18.1. The number of hydrogen-bond acceptors (Lipinski definition) is 3. The number of aryl methyl sites for hydroxylation is 1. The van der Waals surface area contributed by atoms with Gasteiger partial charge in [0.1, 0.15) is 0 Å². The quantitative estimate of drug-likeness (QED) is 0.869. The lowest BCUT2D eigenvalue weighted by atomic mass is 10.2. The summed E-state index contributed by atoms with van der Waals surface area (Å²) in [7, 11) is -3.43. The van der Waals surface area contributed by atoms with E-state index >= 15 is 0 Å². The number of benzene rings is 1. The molecular weight excluding hydrogens is 326 g/mol. The summed E-state index contributed by atoms with van der Waals surface area (Å²) < 4.78 is 27.4. The van der Waals surface area contributed by atoms with Gasteiger partial charge in [0, 0.05) is 17.4 Å². The van der Waals surface area contributed by atoms with Crippen molar-refractivity contribution in [1.29, 1.82) is 0 Å². The summed E-state index contributed by atoms with van der Waals surface area (Å²) in [6.07, 6.45) is 1.07. The highest BCUT2D eigenvalue weighted by Gasteiger charge is 2.18. The first-order valence-corrected chi connectivity index (χ1v) is 9.56. The number of aromatic nitrogens is 1. The van der Waals surface area contributed by atoms with Crippen molar-refractivity contribution in [3.63, 3.8) is 0 Å². The molecule has 130 valence electrons. The Labute approximate surface area is 142 Å². The van der Waals surface area contributed by atoms with Crippen molar-refractivity contribution >= 4 is 27.3 Å². The number of carbonyl (C=O) groups is 1. The monoisotopic (exact) mass is 349 g/mol. The molecule has 0 radical (unpaired) electrons. The van der Waals surface area contributed by atoms with Crippen LogP contribution in [0.3, 0.4) is 0 Å². The summed E-state index contributed by atoms with van der Waals surface area (Å²) in [4.78, 5) is 12.6. The minimum Gasteiger partial charge on any atom is -0.346 e. The molecule has 1 aromatic carbocycles. The van der Waals surface area contributed by atoms with E-state index in [4.69, 9.17) is 0 Å². The van der Waals surface area contributed by atoms with Crippen molar-refractivity contribution < 1.29 is 13.2 Å². The lowest BCUT2D eigenvalue weighted by Gasteiger charge is -2.14. The minimum atomic E-state index is -3.43. The van der Waals surface area contributed by atoms with E-state index in [9.17, 15) is 13.2 Å². The van der Waals surface area contributed by atoms with Crippen molar-refractivity contribution in [2.75, 3.05) is 16.3 Å². The Hall–Kier alpha value is -2.28. The molecule has 2 N–H and O–H groups in total. The van der Waals surface area contributed by atoms with Gasteiger partial charge < -0.3 is 9.88 Å². The van der Waals surface area contributed by atoms with Crippen LogP contribution in [-0.4, -0.2) is 25.1 Å². The molecule has 0 fully saturated rings. The maximum Gasteiger partial charge on any atom is 0.257 e. The summed E-state index contributed by atoms with van der Waals surface area (Å²) in [5, 5.41) is 2.79. The molecule has 0 unspecified atom stereocenters. The normalized spacial score (nSPS) is 11.6. The van der Waals surface area contributed by atoms with Gasteiger partial charge in [-0.05, 0) is 45.9 Å². The highest BCUT2D eigenvalue weighted by atomic mass is 32.2. The molecule has 0 aliphatic rings. The van der Waals surface area contributed by atoms with E-state index in [-0.39, 0.29) is 11.9 Å². The summed E-state index contributed by atoms with van der Waals surface area (Å²) in [5.41, 5.74) is 3.23. The summed E-state index contributed by atoms with van der Waals surface area (Å²) >= 11 is 0. The molecule has 0 saturated carbocycles. The van der Waals surface area contributed by atoms with Crippen LogP contribution in [0, 0.1) is 13.8 Å². The lowest BCUT2D eigenvalue weighted by molar-refractivity contribution is 0.102. The number of sulfonamides is 1. The zero-order chi connectivity index (χ0) is 18.1. The molecule has 0 bridgehead atoms. The van der Waals surface area contributed by atoms with E-state index in [1.54, 1.807) is 24.3 Å². The van der Waals surface area contributed by atoms with Crippen molar-refractivity contribution in [2.24, 2.45) is 0 Å². The third-order valence-corrected chi connectivity index (χ3v) is 4.31. The van der Waals surface area contributed by atoms with Crippen LogP contribution in [0.25, 0.3) is 0 Å². The molecular formula is C17H23N3O3S. The van der Waals surface area contributed by atoms with Crippen LogP contribution >= 0.6 is 0 Å². The third-order valence-electron chi connectivity index (χ3n) is 3.72. The first-order valence-electron chi connectivity index (χ1n) is 7.66. The number of anilines is 2. The smallest absolute Gasteiger partial charge is 0.257 e. The summed E-state index contributed by atoms with van der Waals surface area (Å²) in [6, 6.07) is 8.80. The number of rotatable bonds is 5. The Bertz CT molecular complexity index is 867. The summed E-state index contributed by atoms with van der Waals surface area (Å²) in [5.74, 6) is -0.266. The molecule has 2 rings (SSSR count). The average molecular weight is 349 g/mol. The van der Waals surface area contributed by atoms with E-state index < -0.39 is 10.0 Å². The van der Waals surface area contributed by atoms with Gasteiger partial charge in [0.25, 0.3) is 5.91 Å². The van der Waals surface area contributed by atoms with Crippen LogP contribution in [-0.2, 0) is 10.0 Å². The number of hydrogen-bond donors (Lipinski definition) is 2. The average Bonchev–Trinajstić information content (AvgIpc) is 2.74. The molecule has 1 amide bonds. The highest BCUT2D eigenvalue weighted by molar-refractivity contribution is 7.92. The largest absolute Gasteiger partial charge is 0.346 e. The zero-order valence-corrected chi connectivity index (χ0v) is 15.4. The molecule has 0 spiro atoms. The predicted octanol–water partition coefficient (Wildman–Crippen LogP) is 3.31. The predicted molar refractivity (Wildman–Crippen MR) is 97.2 cm³/mol. The van der Waals surface area contributed by atoms with E-state index in [0.29, 0.717) is 16.9 Å². The number of nitrogens with one attached hydrogen (secondary N) is 2. The van der Waals surface area contributed by atoms with Gasteiger partial charge in [-0.25, -0.2) is 8.42 Å². The Morgan fingerprint density at radius 3 is 2.21 bits per heavy atom. The van der Waals surface area contributed by atoms with Gasteiger partial charge in [-0.3, -0.25) is 9.52 Å². The van der Waals surface area contributed by atoms with Crippen LogP contribution in [0.1, 0.15) is 41.6 Å². The van der Waals surface area contributed by atoms with Crippen molar-refractivity contribution in [2.45, 2.75) is 33.7 Å². The number of nitrogens with zero attached hydrogens (tertiary/aromatic N) is 1. The minimum absolute atomic E-state index is 0.255. The van der Waals surface area contributed by atoms with E-state index in [1.807, 2.05) is 19.9 Å². The van der Waals surface area contributed by atoms with E-state index in [0.717, 1.165) is 17.6 Å². The van der Waals surface area contributed by atoms with E-state index in [2.05, 4.69) is 28.5 Å². The number of amides is 1. The number of carbonyl (C=O) groups excluding carboxylic acids is 1. The van der Waals surface area contributed by atoms with Gasteiger partial charge in [0.05, 0.1) is 23.2 Å². The molecule has 0 aliphatic carbocycles. The van der Waals surface area contributed by atoms with Gasteiger partial charge in [-0.1, -0.05) is 12.1 Å². The molecule has 6 nitrogen and oxygen atoms in total. The topological polar surface area (TPSA) is 80.2 Å². The molecule has 1 heterocycles. The fourth-order valence-electron chi connectivity index (χ4n) is 2.87. The fraction of sp³-hybridized carbons (Fsp3) is 0.353. The van der Waals surface area contributed by atoms with Crippen molar-refractivity contribution in [3.8, 4) is 0 Å². The Morgan fingerprint density at radius 2 is 1.71 bits per heavy atom. The van der Waals surface area contributed by atoms with Crippen LogP contribution in [0.4, 0.5) is 11.4 Å². The molecule has 24 heavy (non-hydrogen) atoms. The van der Waals surface area contributed by atoms with Crippen LogP contribution in [0.5, 0.6) is 0 Å². The second kappa shape index (κ2) is 6.68. The second-order valence-corrected chi connectivity index (χ2v) is 7.87. The van der Waals surface area contributed by atoms with Gasteiger partial charge in [-0.2, -0.15) is 0 Å². The molecule has 0 atom stereocenters. The fourth-order valence-corrected chi connectivity index (χ4v) is 3.45. The van der Waals surface area contributed by atoms with Crippen LogP contribution < -0.4 is 10.0 Å². The third kappa shape index (κ3) is 3.97. The molecule has 2 aromatic rings. The van der Waals surface area contributed by atoms with Crippen molar-refractivity contribution in [1.82, 2.24) is 4.57 Å². The maximum atomic E-state index is 12.6. The second-order valence-electron chi connectivity index (χ2n) is 6.12. The number of para-hydroxylation sites is 2. The maximum absolute atomic E-state index is 12.6. The van der Waals surface area contributed by atoms with Gasteiger partial charge in [0.2, 0.25) is 10.0 Å². The molecule has 1 aromatic heterocycles. The standard InChI is InChI=1S/C17H23N3O3S/c1-11(2)20-12(3)10-14(13(20)4)17(21)18-15-8-6-7-9-16(15)19-24(5,22)23/h6-11,19H,1-5H3,(H,18,21). The molecule has 7 heteroatoms. The Kier molecular flexibility index (Phi) is 5.03. The van der Waals surface area contributed by atoms with Gasteiger partial charge >= 0.3 is 0 Å². The zero-order valence-electron chi connectivity index (χ0n) is 14.5. The highest BCUT2D eigenvalue weighted by Crippen LogP contribution is 2.25.